The fraction of sp³-hybridized carbons (Fsp3) is 0.0714. The Morgan fingerprint density at radius 1 is 0.938 bits per heavy atom. The zero-order valence-electron chi connectivity index (χ0n) is 8.97. The van der Waals surface area contributed by atoms with Crippen LogP contribution in [-0.2, 0) is 6.61 Å². The first kappa shape index (κ1) is 10.4. The topological polar surface area (TPSA) is 21.6 Å². The van der Waals surface area contributed by atoms with Crippen LogP contribution in [0, 0.1) is 0 Å². The van der Waals surface area contributed by atoms with Gasteiger partial charge in [0.25, 0.3) is 0 Å². The average molecular weight is 211 g/mol. The van der Waals surface area contributed by atoms with Crippen molar-refractivity contribution in [1.29, 1.82) is 0 Å². The molecule has 80 valence electrons. The highest BCUT2D eigenvalue weighted by atomic mass is 16.5. The van der Waals surface area contributed by atoms with E-state index in [0.717, 1.165) is 17.0 Å². The second-order valence-electron chi connectivity index (χ2n) is 3.43. The molecule has 16 heavy (non-hydrogen) atoms. The zero-order chi connectivity index (χ0) is 11.2. The van der Waals surface area contributed by atoms with Crippen molar-refractivity contribution in [3.05, 3.63) is 60.2 Å². The minimum absolute atomic E-state index is 0.571. The van der Waals surface area contributed by atoms with Crippen LogP contribution in [0.15, 0.2) is 59.6 Å². The smallest absolute Gasteiger partial charge is 0.119 e. The van der Waals surface area contributed by atoms with Crippen LogP contribution in [-0.4, -0.2) is 6.72 Å². The summed E-state index contributed by atoms with van der Waals surface area (Å²) in [4.78, 5) is 3.84. The van der Waals surface area contributed by atoms with Crippen molar-refractivity contribution >= 4 is 12.4 Å². The molecule has 0 heterocycles. The molecule has 2 nitrogen and oxygen atoms in total. The predicted octanol–water partition coefficient (Wildman–Crippen LogP) is 3.60. The van der Waals surface area contributed by atoms with Crippen LogP contribution in [0.1, 0.15) is 5.56 Å². The average Bonchev–Trinajstić information content (AvgIpc) is 2.38. The lowest BCUT2D eigenvalue weighted by molar-refractivity contribution is 0.306. The van der Waals surface area contributed by atoms with Gasteiger partial charge >= 0.3 is 0 Å². The Balaban J connectivity index is 1.97. The molecule has 0 spiro atoms. The summed E-state index contributed by atoms with van der Waals surface area (Å²) in [6.45, 7) is 4.04. The molecule has 0 radical (unpaired) electrons. The molecule has 0 aliphatic rings. The summed E-state index contributed by atoms with van der Waals surface area (Å²) in [5.41, 5.74) is 2.00. The fourth-order valence-corrected chi connectivity index (χ4v) is 1.38. The first-order chi connectivity index (χ1) is 7.88. The molecule has 0 atom stereocenters. The highest BCUT2D eigenvalue weighted by Gasteiger charge is 1.95. The van der Waals surface area contributed by atoms with E-state index in [-0.39, 0.29) is 0 Å². The Hall–Kier alpha value is -2.09. The summed E-state index contributed by atoms with van der Waals surface area (Å²) >= 11 is 0. The third-order valence-electron chi connectivity index (χ3n) is 2.27. The van der Waals surface area contributed by atoms with Gasteiger partial charge in [0.05, 0.1) is 5.69 Å². The molecule has 2 aromatic carbocycles. The van der Waals surface area contributed by atoms with E-state index in [1.165, 1.54) is 0 Å². The highest BCUT2D eigenvalue weighted by Crippen LogP contribution is 2.15. The minimum atomic E-state index is 0.571. The third-order valence-corrected chi connectivity index (χ3v) is 2.27. The van der Waals surface area contributed by atoms with Gasteiger partial charge in [-0.05, 0) is 36.5 Å². The molecule has 0 amide bonds. The van der Waals surface area contributed by atoms with Crippen LogP contribution >= 0.6 is 0 Å². The number of hydrogen-bond acceptors (Lipinski definition) is 2. The Kier molecular flexibility index (Phi) is 3.34. The maximum absolute atomic E-state index is 5.62. The van der Waals surface area contributed by atoms with Gasteiger partial charge < -0.3 is 4.74 Å². The van der Waals surface area contributed by atoms with Gasteiger partial charge in [-0.3, -0.25) is 4.99 Å². The quantitative estimate of drug-likeness (QED) is 0.708. The second-order valence-corrected chi connectivity index (χ2v) is 3.43. The Morgan fingerprint density at radius 2 is 1.62 bits per heavy atom. The molecule has 2 heteroatoms. The molecule has 2 aromatic rings. The third kappa shape index (κ3) is 2.70. The van der Waals surface area contributed by atoms with Gasteiger partial charge in [-0.2, -0.15) is 0 Å². The van der Waals surface area contributed by atoms with Gasteiger partial charge in [-0.25, -0.2) is 0 Å². The van der Waals surface area contributed by atoms with E-state index in [1.54, 1.807) is 0 Å². The number of ether oxygens (including phenoxy) is 1. The maximum atomic E-state index is 5.62. The second kappa shape index (κ2) is 5.12. The molecule has 0 fully saturated rings. The maximum Gasteiger partial charge on any atom is 0.119 e. The monoisotopic (exact) mass is 211 g/mol. The van der Waals surface area contributed by atoms with E-state index in [0.29, 0.717) is 6.61 Å². The van der Waals surface area contributed by atoms with Crippen LogP contribution in [0.25, 0.3) is 0 Å². The number of benzene rings is 2. The van der Waals surface area contributed by atoms with Crippen LogP contribution < -0.4 is 4.74 Å². The van der Waals surface area contributed by atoms with Crippen molar-refractivity contribution in [3.63, 3.8) is 0 Å². The lowest BCUT2D eigenvalue weighted by Crippen LogP contribution is -1.94. The van der Waals surface area contributed by atoms with Crippen molar-refractivity contribution in [3.8, 4) is 5.75 Å². The van der Waals surface area contributed by atoms with E-state index in [1.807, 2.05) is 54.6 Å². The normalized spacial score (nSPS) is 9.75. The van der Waals surface area contributed by atoms with E-state index >= 15 is 0 Å². The number of rotatable bonds is 4. The van der Waals surface area contributed by atoms with E-state index < -0.39 is 0 Å². The van der Waals surface area contributed by atoms with E-state index in [4.69, 9.17) is 4.74 Å². The van der Waals surface area contributed by atoms with Crippen LogP contribution in [0.5, 0.6) is 5.75 Å². The molecule has 0 unspecified atom stereocenters. The number of nitrogens with zero attached hydrogens (tertiary/aromatic N) is 1. The number of aliphatic imine (C=N–C) groups is 1. The molecule has 0 saturated carbocycles. The summed E-state index contributed by atoms with van der Waals surface area (Å²) in [5.74, 6) is 0.883. The van der Waals surface area contributed by atoms with Gasteiger partial charge in [0.15, 0.2) is 0 Å². The van der Waals surface area contributed by atoms with Crippen molar-refractivity contribution in [2.75, 3.05) is 0 Å². The number of hydrogen-bond donors (Lipinski definition) is 0. The van der Waals surface area contributed by atoms with Crippen molar-refractivity contribution < 1.29 is 4.74 Å². The Bertz CT molecular complexity index is 448. The van der Waals surface area contributed by atoms with E-state index in [2.05, 4.69) is 11.7 Å². The first-order valence-electron chi connectivity index (χ1n) is 5.12. The zero-order valence-corrected chi connectivity index (χ0v) is 8.97. The molecule has 0 N–H and O–H groups in total. The molecule has 2 rings (SSSR count). The van der Waals surface area contributed by atoms with Gasteiger partial charge in [-0.1, -0.05) is 30.3 Å². The van der Waals surface area contributed by atoms with Crippen molar-refractivity contribution in [1.82, 2.24) is 0 Å². The van der Waals surface area contributed by atoms with Crippen molar-refractivity contribution in [2.24, 2.45) is 4.99 Å². The summed E-state index contributed by atoms with van der Waals surface area (Å²) < 4.78 is 5.62. The van der Waals surface area contributed by atoms with Crippen LogP contribution in [0.4, 0.5) is 5.69 Å². The largest absolute Gasteiger partial charge is 0.489 e. The predicted molar refractivity (Wildman–Crippen MR) is 66.4 cm³/mol. The summed E-state index contributed by atoms with van der Waals surface area (Å²) in [5, 5.41) is 0. The minimum Gasteiger partial charge on any atom is -0.489 e. The molecular weight excluding hydrogens is 198 g/mol. The molecule has 0 bridgehead atoms. The van der Waals surface area contributed by atoms with Gasteiger partial charge in [0, 0.05) is 0 Å². The van der Waals surface area contributed by atoms with Gasteiger partial charge in [0.1, 0.15) is 12.4 Å². The van der Waals surface area contributed by atoms with Crippen molar-refractivity contribution in [2.45, 2.75) is 6.61 Å². The first-order valence-corrected chi connectivity index (χ1v) is 5.12. The fourth-order valence-electron chi connectivity index (χ4n) is 1.38. The molecule has 0 aliphatic heterocycles. The summed E-state index contributed by atoms with van der Waals surface area (Å²) in [7, 11) is 0. The van der Waals surface area contributed by atoms with Crippen LogP contribution in [0.3, 0.4) is 0 Å². The Morgan fingerprint density at radius 3 is 2.25 bits per heavy atom. The molecule has 0 aliphatic carbocycles. The lowest BCUT2D eigenvalue weighted by Gasteiger charge is -2.05. The van der Waals surface area contributed by atoms with Gasteiger partial charge in [0.2, 0.25) is 0 Å². The van der Waals surface area contributed by atoms with E-state index in [9.17, 15) is 0 Å². The summed E-state index contributed by atoms with van der Waals surface area (Å²) in [6, 6.07) is 17.6. The molecule has 0 aromatic heterocycles. The molecule has 0 saturated heterocycles. The lowest BCUT2D eigenvalue weighted by atomic mass is 10.2. The highest BCUT2D eigenvalue weighted by molar-refractivity contribution is 5.45. The SMILES string of the molecule is C=Nc1ccc(COc2ccccc2)cc1. The van der Waals surface area contributed by atoms with Crippen LogP contribution in [0.2, 0.25) is 0 Å². The molecular formula is C14H13NO. The standard InChI is InChI=1S/C14H13NO/c1-15-13-9-7-12(8-10-13)11-16-14-5-3-2-4-6-14/h2-10H,1,11H2. The van der Waals surface area contributed by atoms with Gasteiger partial charge in [-0.15, -0.1) is 0 Å². The summed E-state index contributed by atoms with van der Waals surface area (Å²) in [6.07, 6.45) is 0. The number of para-hydroxylation sites is 1. The Labute approximate surface area is 95.2 Å².